The number of hydrogen-bond donors (Lipinski definition) is 2. The van der Waals surface area contributed by atoms with E-state index in [2.05, 4.69) is 10.6 Å². The number of amides is 3. The lowest BCUT2D eigenvalue weighted by atomic mass is 10.0. The monoisotopic (exact) mass is 449 g/mol. The molecule has 2 aliphatic rings. The molecule has 2 fully saturated rings. The fourth-order valence-corrected chi connectivity index (χ4v) is 4.62. The van der Waals surface area contributed by atoms with Crippen LogP contribution in [-0.2, 0) is 20.8 Å². The van der Waals surface area contributed by atoms with Crippen LogP contribution in [-0.4, -0.2) is 43.5 Å². The van der Waals surface area contributed by atoms with Crippen molar-refractivity contribution in [1.82, 2.24) is 10.6 Å². The van der Waals surface area contributed by atoms with Gasteiger partial charge in [-0.3, -0.25) is 14.4 Å². The van der Waals surface area contributed by atoms with Gasteiger partial charge in [0.15, 0.2) is 0 Å². The molecule has 2 N–H and O–H groups in total. The first-order valence-corrected chi connectivity index (χ1v) is 11.6. The van der Waals surface area contributed by atoms with Crippen molar-refractivity contribution in [1.29, 1.82) is 0 Å². The zero-order valence-corrected chi connectivity index (χ0v) is 19.0. The maximum absolute atomic E-state index is 13.1. The molecular weight excluding hydrogens is 418 g/mol. The van der Waals surface area contributed by atoms with Crippen LogP contribution < -0.4 is 20.3 Å². The van der Waals surface area contributed by atoms with Crippen molar-refractivity contribution in [3.63, 3.8) is 0 Å². The summed E-state index contributed by atoms with van der Waals surface area (Å²) in [7, 11) is 1.59. The number of methoxy groups -OCH3 is 1. The quantitative estimate of drug-likeness (QED) is 0.649. The Labute approximate surface area is 194 Å². The van der Waals surface area contributed by atoms with Gasteiger partial charge in [-0.25, -0.2) is 0 Å². The number of nitrogens with one attached hydrogen (secondary N) is 2. The number of benzene rings is 2. The molecule has 2 atom stereocenters. The van der Waals surface area contributed by atoms with Crippen LogP contribution in [0.25, 0.3) is 0 Å². The third-order valence-corrected chi connectivity index (χ3v) is 6.50. The van der Waals surface area contributed by atoms with Gasteiger partial charge >= 0.3 is 0 Å². The fraction of sp³-hybridized carbons (Fsp3) is 0.423. The first-order chi connectivity index (χ1) is 16.0. The molecule has 4 rings (SSSR count). The molecule has 33 heavy (non-hydrogen) atoms. The van der Waals surface area contributed by atoms with Crippen molar-refractivity contribution >= 4 is 23.4 Å². The summed E-state index contributed by atoms with van der Waals surface area (Å²) in [5.74, 6) is -0.318. The van der Waals surface area contributed by atoms with E-state index >= 15 is 0 Å². The van der Waals surface area contributed by atoms with Crippen LogP contribution in [0.3, 0.4) is 0 Å². The van der Waals surface area contributed by atoms with Gasteiger partial charge in [-0.15, -0.1) is 0 Å². The summed E-state index contributed by atoms with van der Waals surface area (Å²) in [5.41, 5.74) is 1.71. The molecule has 0 spiro atoms. The van der Waals surface area contributed by atoms with E-state index in [4.69, 9.17) is 4.74 Å². The highest BCUT2D eigenvalue weighted by Gasteiger charge is 2.37. The van der Waals surface area contributed by atoms with E-state index in [9.17, 15) is 14.4 Å². The highest BCUT2D eigenvalue weighted by Crippen LogP contribution is 2.27. The summed E-state index contributed by atoms with van der Waals surface area (Å²) in [6.07, 6.45) is 4.73. The van der Waals surface area contributed by atoms with Crippen LogP contribution in [0, 0.1) is 5.92 Å². The maximum Gasteiger partial charge on any atom is 0.243 e. The van der Waals surface area contributed by atoms with Crippen LogP contribution in [0.5, 0.6) is 5.75 Å². The molecule has 1 saturated heterocycles. The third kappa shape index (κ3) is 5.72. The minimum atomic E-state index is -0.675. The molecule has 2 aromatic rings. The van der Waals surface area contributed by atoms with E-state index in [0.717, 1.165) is 36.9 Å². The highest BCUT2D eigenvalue weighted by molar-refractivity contribution is 6.01. The normalized spacial score (nSPS) is 19.4. The molecule has 0 unspecified atom stereocenters. The summed E-state index contributed by atoms with van der Waals surface area (Å²) in [5, 5.41) is 6.05. The van der Waals surface area contributed by atoms with Gasteiger partial charge in [-0.1, -0.05) is 43.2 Å². The van der Waals surface area contributed by atoms with E-state index in [0.29, 0.717) is 18.7 Å². The Balaban J connectivity index is 1.42. The zero-order chi connectivity index (χ0) is 23.2. The van der Waals surface area contributed by atoms with Gasteiger partial charge in [-0.05, 0) is 42.7 Å². The van der Waals surface area contributed by atoms with Gasteiger partial charge in [0, 0.05) is 31.1 Å². The number of hydrogen-bond acceptors (Lipinski definition) is 4. The van der Waals surface area contributed by atoms with Gasteiger partial charge in [0.1, 0.15) is 11.8 Å². The van der Waals surface area contributed by atoms with E-state index in [1.807, 2.05) is 42.5 Å². The molecule has 2 aromatic carbocycles. The van der Waals surface area contributed by atoms with Crippen LogP contribution in [0.4, 0.5) is 5.69 Å². The standard InChI is InChI=1S/C26H31N3O4/c1-33-22-13-11-21(12-14-22)29-17-19(16-24(29)30)25(31)28-23(15-18-7-3-2-4-8-18)26(32)27-20-9-5-6-10-20/h2-4,7-8,11-14,19-20,23H,5-6,9-10,15-17H2,1H3,(H,27,32)(H,28,31)/t19-,23+/m1/s1. The van der Waals surface area contributed by atoms with E-state index < -0.39 is 12.0 Å². The zero-order valence-electron chi connectivity index (χ0n) is 19.0. The SMILES string of the molecule is COc1ccc(N2C[C@H](C(=O)N[C@@H](Cc3ccccc3)C(=O)NC3CCCC3)CC2=O)cc1. The van der Waals surface area contributed by atoms with Crippen LogP contribution in [0.2, 0.25) is 0 Å². The summed E-state index contributed by atoms with van der Waals surface area (Å²) >= 11 is 0. The molecule has 7 heteroatoms. The van der Waals surface area contributed by atoms with Gasteiger partial charge < -0.3 is 20.3 Å². The van der Waals surface area contributed by atoms with Gasteiger partial charge in [0.05, 0.1) is 13.0 Å². The average molecular weight is 450 g/mol. The molecule has 1 saturated carbocycles. The van der Waals surface area contributed by atoms with Crippen molar-refractivity contribution in [3.05, 3.63) is 60.2 Å². The van der Waals surface area contributed by atoms with Crippen molar-refractivity contribution in [2.24, 2.45) is 5.92 Å². The Hall–Kier alpha value is -3.35. The van der Waals surface area contributed by atoms with Gasteiger partial charge in [-0.2, -0.15) is 0 Å². The number of carbonyl (C=O) groups is 3. The fourth-order valence-electron chi connectivity index (χ4n) is 4.62. The highest BCUT2D eigenvalue weighted by atomic mass is 16.5. The van der Waals surface area contributed by atoms with Crippen LogP contribution in [0.15, 0.2) is 54.6 Å². The maximum atomic E-state index is 13.1. The molecule has 1 heterocycles. The van der Waals surface area contributed by atoms with Crippen molar-refractivity contribution in [2.75, 3.05) is 18.6 Å². The molecule has 174 valence electrons. The minimum absolute atomic E-state index is 0.102. The lowest BCUT2D eigenvalue weighted by molar-refractivity contribution is -0.131. The van der Waals surface area contributed by atoms with Crippen molar-refractivity contribution in [2.45, 2.75) is 50.6 Å². The topological polar surface area (TPSA) is 87.7 Å². The Kier molecular flexibility index (Phi) is 7.27. The summed E-state index contributed by atoms with van der Waals surface area (Å²) < 4.78 is 5.17. The van der Waals surface area contributed by atoms with E-state index in [-0.39, 0.29) is 30.2 Å². The smallest absolute Gasteiger partial charge is 0.243 e. The second kappa shape index (κ2) is 10.5. The van der Waals surface area contributed by atoms with Crippen molar-refractivity contribution in [3.8, 4) is 5.75 Å². The largest absolute Gasteiger partial charge is 0.497 e. The Morgan fingerprint density at radius 2 is 1.76 bits per heavy atom. The second-order valence-corrected chi connectivity index (χ2v) is 8.84. The second-order valence-electron chi connectivity index (χ2n) is 8.84. The van der Waals surface area contributed by atoms with Crippen molar-refractivity contribution < 1.29 is 19.1 Å². The number of ether oxygens (including phenoxy) is 1. The first kappa shape index (κ1) is 22.8. The lowest BCUT2D eigenvalue weighted by Crippen LogP contribution is -2.51. The molecule has 0 aromatic heterocycles. The number of anilines is 1. The van der Waals surface area contributed by atoms with E-state index in [1.165, 1.54) is 0 Å². The lowest BCUT2D eigenvalue weighted by Gasteiger charge is -2.23. The predicted octanol–water partition coefficient (Wildman–Crippen LogP) is 2.83. The predicted molar refractivity (Wildman–Crippen MR) is 126 cm³/mol. The Morgan fingerprint density at radius 1 is 1.06 bits per heavy atom. The molecule has 0 radical (unpaired) electrons. The summed E-state index contributed by atoms with van der Waals surface area (Å²) in [6.45, 7) is 0.291. The minimum Gasteiger partial charge on any atom is -0.497 e. The van der Waals surface area contributed by atoms with Gasteiger partial charge in [0.25, 0.3) is 0 Å². The molecule has 1 aliphatic carbocycles. The summed E-state index contributed by atoms with van der Waals surface area (Å²) in [4.78, 5) is 40.4. The molecular formula is C26H31N3O4. The van der Waals surface area contributed by atoms with Crippen LogP contribution >= 0.6 is 0 Å². The number of rotatable bonds is 8. The Morgan fingerprint density at radius 3 is 2.42 bits per heavy atom. The third-order valence-electron chi connectivity index (χ3n) is 6.50. The molecule has 0 bridgehead atoms. The van der Waals surface area contributed by atoms with E-state index in [1.54, 1.807) is 24.1 Å². The molecule has 1 aliphatic heterocycles. The number of nitrogens with zero attached hydrogens (tertiary/aromatic N) is 1. The number of carbonyl (C=O) groups excluding carboxylic acids is 3. The summed E-state index contributed by atoms with van der Waals surface area (Å²) in [6, 6.07) is 16.4. The first-order valence-electron chi connectivity index (χ1n) is 11.6. The van der Waals surface area contributed by atoms with Crippen LogP contribution in [0.1, 0.15) is 37.7 Å². The molecule has 3 amide bonds. The van der Waals surface area contributed by atoms with Gasteiger partial charge in [0.2, 0.25) is 17.7 Å². The Bertz CT molecular complexity index is 971. The molecule has 7 nitrogen and oxygen atoms in total. The average Bonchev–Trinajstić information content (AvgIpc) is 3.49.